The van der Waals surface area contributed by atoms with E-state index in [9.17, 15) is 29.1 Å². The van der Waals surface area contributed by atoms with Gasteiger partial charge in [-0.05, 0) is 39.2 Å². The van der Waals surface area contributed by atoms with Crippen LogP contribution < -0.4 is 27.4 Å². The van der Waals surface area contributed by atoms with E-state index in [0.717, 1.165) is 0 Å². The van der Waals surface area contributed by atoms with E-state index in [0.29, 0.717) is 25.1 Å². The molecule has 1 rings (SSSR count). The third kappa shape index (κ3) is 10.4. The van der Waals surface area contributed by atoms with Crippen molar-refractivity contribution in [3.05, 3.63) is 18.2 Å². The first-order chi connectivity index (χ1) is 16.0. The van der Waals surface area contributed by atoms with Gasteiger partial charge in [0.05, 0.1) is 12.4 Å². The standard InChI is InChI=1S/C20H33N7O7/c1-11(22)17(30)25-13(4-2-3-7-21)18(31)27-15(8-12-9-23-10-24-12)19(32)26-14(20(33)34)5-6-16(28)29/h9-11,13-15H,2-8,21-22H2,1H3,(H,23,24)(H,25,30)(H,26,32)(H,27,31)(H,28,29)(H,33,34). The number of nitrogens with zero attached hydrogens (tertiary/aromatic N) is 1. The van der Waals surface area contributed by atoms with Crippen molar-refractivity contribution >= 4 is 29.7 Å². The van der Waals surface area contributed by atoms with Crippen molar-refractivity contribution in [3.8, 4) is 0 Å². The largest absolute Gasteiger partial charge is 0.481 e. The molecule has 3 amide bonds. The van der Waals surface area contributed by atoms with E-state index in [1.165, 1.54) is 19.4 Å². The topological polar surface area (TPSA) is 243 Å². The maximum atomic E-state index is 13.0. The number of H-pyrrole nitrogens is 1. The summed E-state index contributed by atoms with van der Waals surface area (Å²) in [6.45, 7) is 1.86. The third-order valence-corrected chi connectivity index (χ3v) is 4.87. The molecule has 4 atom stereocenters. The SMILES string of the molecule is CC(N)C(=O)NC(CCCCN)C(=O)NC(Cc1cnc[nH]1)C(=O)NC(CCC(=O)O)C(=O)O. The molecule has 0 bridgehead atoms. The van der Waals surface area contributed by atoms with E-state index in [-0.39, 0.29) is 19.3 Å². The van der Waals surface area contributed by atoms with E-state index >= 15 is 0 Å². The van der Waals surface area contributed by atoms with Crippen molar-refractivity contribution in [1.29, 1.82) is 0 Å². The fraction of sp³-hybridized carbons (Fsp3) is 0.600. The Kier molecular flexibility index (Phi) is 12.2. The second-order valence-corrected chi connectivity index (χ2v) is 7.81. The van der Waals surface area contributed by atoms with Gasteiger partial charge in [-0.15, -0.1) is 0 Å². The van der Waals surface area contributed by atoms with Gasteiger partial charge in [-0.25, -0.2) is 9.78 Å². The van der Waals surface area contributed by atoms with Crippen LogP contribution in [0, 0.1) is 0 Å². The molecule has 0 saturated heterocycles. The fourth-order valence-electron chi connectivity index (χ4n) is 2.96. The molecule has 0 saturated carbocycles. The van der Waals surface area contributed by atoms with Crippen LogP contribution >= 0.6 is 0 Å². The molecule has 1 aromatic heterocycles. The third-order valence-electron chi connectivity index (χ3n) is 4.87. The number of nitrogens with two attached hydrogens (primary N) is 2. The van der Waals surface area contributed by atoms with Crippen molar-refractivity contribution in [2.75, 3.05) is 6.54 Å². The second kappa shape index (κ2) is 14.6. The average Bonchev–Trinajstić information content (AvgIpc) is 3.27. The second-order valence-electron chi connectivity index (χ2n) is 7.81. The molecule has 1 aromatic rings. The Hall–Kier alpha value is -3.52. The van der Waals surface area contributed by atoms with E-state index in [1.54, 1.807) is 0 Å². The number of carbonyl (C=O) groups is 5. The van der Waals surface area contributed by atoms with Crippen LogP contribution in [0.25, 0.3) is 0 Å². The zero-order valence-electron chi connectivity index (χ0n) is 19.0. The zero-order chi connectivity index (χ0) is 25.7. The Morgan fingerprint density at radius 2 is 1.59 bits per heavy atom. The Labute approximate surface area is 196 Å². The number of carboxylic acids is 2. The lowest BCUT2D eigenvalue weighted by molar-refractivity contribution is -0.143. The minimum absolute atomic E-state index is 0.0560. The maximum absolute atomic E-state index is 13.0. The molecule has 0 aliphatic heterocycles. The molecule has 34 heavy (non-hydrogen) atoms. The number of aromatic amines is 1. The Balaban J connectivity index is 3.02. The number of aromatic nitrogens is 2. The Morgan fingerprint density at radius 1 is 0.971 bits per heavy atom. The summed E-state index contributed by atoms with van der Waals surface area (Å²) >= 11 is 0. The molecule has 0 aliphatic rings. The molecule has 1 heterocycles. The highest BCUT2D eigenvalue weighted by Gasteiger charge is 2.30. The highest BCUT2D eigenvalue weighted by Crippen LogP contribution is 2.06. The van der Waals surface area contributed by atoms with Gasteiger partial charge in [0, 0.05) is 24.7 Å². The summed E-state index contributed by atoms with van der Waals surface area (Å²) in [5.74, 6) is -4.68. The summed E-state index contributed by atoms with van der Waals surface area (Å²) in [5.41, 5.74) is 11.6. The van der Waals surface area contributed by atoms with Gasteiger partial charge in [0.1, 0.15) is 18.1 Å². The fourth-order valence-corrected chi connectivity index (χ4v) is 2.96. The van der Waals surface area contributed by atoms with Crippen molar-refractivity contribution in [2.24, 2.45) is 11.5 Å². The number of carboxylic acid groups (broad SMARTS) is 2. The van der Waals surface area contributed by atoms with Crippen LogP contribution in [0.3, 0.4) is 0 Å². The summed E-state index contributed by atoms with van der Waals surface area (Å²) in [6.07, 6.45) is 3.32. The summed E-state index contributed by atoms with van der Waals surface area (Å²) in [4.78, 5) is 66.8. The molecular formula is C20H33N7O7. The normalized spacial score (nSPS) is 14.3. The van der Waals surface area contributed by atoms with Gasteiger partial charge >= 0.3 is 11.9 Å². The lowest BCUT2D eigenvalue weighted by atomic mass is 10.1. The maximum Gasteiger partial charge on any atom is 0.326 e. The van der Waals surface area contributed by atoms with E-state index in [4.69, 9.17) is 16.6 Å². The summed E-state index contributed by atoms with van der Waals surface area (Å²) < 4.78 is 0. The minimum atomic E-state index is -1.47. The number of unbranched alkanes of at least 4 members (excludes halogenated alkanes) is 1. The number of amides is 3. The first-order valence-electron chi connectivity index (χ1n) is 10.8. The molecule has 0 spiro atoms. The number of imidazole rings is 1. The number of hydrogen-bond donors (Lipinski definition) is 8. The molecule has 4 unspecified atom stereocenters. The van der Waals surface area contributed by atoms with Gasteiger partial charge in [-0.2, -0.15) is 0 Å². The molecule has 190 valence electrons. The number of rotatable bonds is 16. The molecule has 14 heteroatoms. The molecule has 0 aromatic carbocycles. The van der Waals surface area contributed by atoms with E-state index in [2.05, 4.69) is 25.9 Å². The number of carbonyl (C=O) groups excluding carboxylic acids is 3. The molecule has 14 nitrogen and oxygen atoms in total. The van der Waals surface area contributed by atoms with Gasteiger partial charge in [0.15, 0.2) is 0 Å². The van der Waals surface area contributed by atoms with Crippen molar-refractivity contribution in [2.45, 2.75) is 69.6 Å². The van der Waals surface area contributed by atoms with Crippen LogP contribution in [-0.4, -0.2) is 80.6 Å². The van der Waals surface area contributed by atoms with Crippen molar-refractivity contribution in [3.63, 3.8) is 0 Å². The average molecular weight is 484 g/mol. The van der Waals surface area contributed by atoms with Crippen LogP contribution in [-0.2, 0) is 30.4 Å². The van der Waals surface area contributed by atoms with Gasteiger partial charge in [0.25, 0.3) is 0 Å². The summed E-state index contributed by atoms with van der Waals surface area (Å²) in [7, 11) is 0. The van der Waals surface area contributed by atoms with Crippen LogP contribution in [0.5, 0.6) is 0 Å². The quantitative estimate of drug-likeness (QED) is 0.118. The van der Waals surface area contributed by atoms with Gasteiger partial charge in [-0.3, -0.25) is 19.2 Å². The van der Waals surface area contributed by atoms with Crippen LogP contribution in [0.15, 0.2) is 12.5 Å². The minimum Gasteiger partial charge on any atom is -0.481 e. The lowest BCUT2D eigenvalue weighted by Gasteiger charge is -2.24. The molecule has 0 radical (unpaired) electrons. The first-order valence-corrected chi connectivity index (χ1v) is 10.8. The van der Waals surface area contributed by atoms with E-state index in [1.807, 2.05) is 0 Å². The number of nitrogens with one attached hydrogen (secondary N) is 4. The van der Waals surface area contributed by atoms with E-state index < -0.39 is 60.2 Å². The summed E-state index contributed by atoms with van der Waals surface area (Å²) in [5, 5.41) is 25.5. The van der Waals surface area contributed by atoms with Crippen LogP contribution in [0.4, 0.5) is 0 Å². The predicted octanol–water partition coefficient (Wildman–Crippen LogP) is -2.17. The predicted molar refractivity (Wildman–Crippen MR) is 119 cm³/mol. The molecule has 10 N–H and O–H groups in total. The molecular weight excluding hydrogens is 450 g/mol. The van der Waals surface area contributed by atoms with Gasteiger partial charge in [-0.1, -0.05) is 0 Å². The first kappa shape index (κ1) is 28.5. The lowest BCUT2D eigenvalue weighted by Crippen LogP contribution is -2.57. The van der Waals surface area contributed by atoms with Crippen LogP contribution in [0.1, 0.15) is 44.7 Å². The van der Waals surface area contributed by atoms with Gasteiger partial charge < -0.3 is 42.6 Å². The molecule has 0 aliphatic carbocycles. The molecule has 0 fully saturated rings. The summed E-state index contributed by atoms with van der Waals surface area (Å²) in [6, 6.07) is -4.56. The Bertz CT molecular complexity index is 829. The highest BCUT2D eigenvalue weighted by atomic mass is 16.4. The number of hydrogen-bond acceptors (Lipinski definition) is 8. The Morgan fingerprint density at radius 3 is 2.12 bits per heavy atom. The monoisotopic (exact) mass is 483 g/mol. The van der Waals surface area contributed by atoms with Crippen molar-refractivity contribution in [1.82, 2.24) is 25.9 Å². The zero-order valence-corrected chi connectivity index (χ0v) is 19.0. The van der Waals surface area contributed by atoms with Crippen LogP contribution in [0.2, 0.25) is 0 Å². The number of aliphatic carboxylic acids is 2. The smallest absolute Gasteiger partial charge is 0.326 e. The van der Waals surface area contributed by atoms with Gasteiger partial charge in [0.2, 0.25) is 17.7 Å². The van der Waals surface area contributed by atoms with Crippen molar-refractivity contribution < 1.29 is 34.2 Å². The highest BCUT2D eigenvalue weighted by molar-refractivity contribution is 5.94.